The van der Waals surface area contributed by atoms with Crippen LogP contribution in [0.15, 0.2) is 9.98 Å². The molecule has 0 aliphatic carbocycles. The number of alkyl halides is 3. The Hall–Kier alpha value is -1.72. The number of halogens is 3. The van der Waals surface area contributed by atoms with Crippen molar-refractivity contribution in [3.05, 3.63) is 0 Å². The summed E-state index contributed by atoms with van der Waals surface area (Å²) in [5.74, 6) is -0.0324. The van der Waals surface area contributed by atoms with E-state index in [2.05, 4.69) is 15.3 Å². The predicted octanol–water partition coefficient (Wildman–Crippen LogP) is 1.26. The van der Waals surface area contributed by atoms with Crippen LogP contribution in [-0.4, -0.2) is 98.4 Å². The third-order valence-corrected chi connectivity index (χ3v) is 6.97. The maximum absolute atomic E-state index is 13.1. The molecule has 8 atom stereocenters. The molecule has 31 heavy (non-hydrogen) atoms. The van der Waals surface area contributed by atoms with Gasteiger partial charge in [-0.15, -0.1) is 0 Å². The maximum Gasteiger partial charge on any atom is 0.405 e. The van der Waals surface area contributed by atoms with Gasteiger partial charge in [-0.3, -0.25) is 9.79 Å². The van der Waals surface area contributed by atoms with Crippen LogP contribution in [-0.2, 0) is 14.3 Å². The third kappa shape index (κ3) is 4.45. The molecule has 4 heterocycles. The minimum Gasteiger partial charge on any atom is -0.377 e. The van der Waals surface area contributed by atoms with Gasteiger partial charge in [-0.1, -0.05) is 0 Å². The lowest BCUT2D eigenvalue weighted by atomic mass is 9.80. The van der Waals surface area contributed by atoms with Crippen molar-refractivity contribution in [3.63, 3.8) is 0 Å². The number of hydrogen-bond acceptors (Lipinski definition) is 7. The smallest absolute Gasteiger partial charge is 0.377 e. The summed E-state index contributed by atoms with van der Waals surface area (Å²) in [6, 6.07) is -0.0594. The first-order valence-corrected chi connectivity index (χ1v) is 10.7. The molecule has 0 radical (unpaired) electrons. The van der Waals surface area contributed by atoms with E-state index < -0.39 is 18.9 Å². The number of nitrogens with zero attached hydrogens (tertiary/aromatic N) is 4. The molecule has 2 saturated heterocycles. The minimum absolute atomic E-state index is 0.0222. The van der Waals surface area contributed by atoms with E-state index >= 15 is 0 Å². The van der Waals surface area contributed by atoms with Crippen molar-refractivity contribution in [1.82, 2.24) is 15.1 Å². The minimum atomic E-state index is -4.30. The van der Waals surface area contributed by atoms with Crippen molar-refractivity contribution < 1.29 is 27.4 Å². The number of nitrogens with one attached hydrogen (secondary N) is 1. The summed E-state index contributed by atoms with van der Waals surface area (Å²) in [5.41, 5.74) is 0. The van der Waals surface area contributed by atoms with E-state index in [1.54, 1.807) is 19.1 Å². The second kappa shape index (κ2) is 8.67. The Morgan fingerprint density at radius 2 is 2.00 bits per heavy atom. The van der Waals surface area contributed by atoms with E-state index in [4.69, 9.17) is 9.47 Å². The number of fused-ring (bicyclic) bond motifs is 1. The van der Waals surface area contributed by atoms with Gasteiger partial charge in [0, 0.05) is 44.5 Å². The van der Waals surface area contributed by atoms with Crippen molar-refractivity contribution in [2.24, 2.45) is 21.8 Å². The second-order valence-corrected chi connectivity index (χ2v) is 8.86. The topological polar surface area (TPSA) is 78.8 Å². The zero-order valence-electron chi connectivity index (χ0n) is 18.0. The Labute approximate surface area is 179 Å². The SMILES string of the molecule is COC1CC(C2CCC3C(=O)N(C4CN(CC(F)(F)F)C=N4)[C@H](C)C3N2)C=NC1OC. The number of ether oxygens (including phenoxy) is 2. The van der Waals surface area contributed by atoms with Gasteiger partial charge in [-0.2, -0.15) is 13.2 Å². The number of carbonyl (C=O) groups excluding carboxylic acids is 1. The fourth-order valence-electron chi connectivity index (χ4n) is 5.46. The number of likely N-dealkylation sites (tertiary alicyclic amines) is 1. The molecule has 4 aliphatic rings. The quantitative estimate of drug-likeness (QED) is 0.690. The van der Waals surface area contributed by atoms with Gasteiger partial charge in [-0.05, 0) is 26.2 Å². The van der Waals surface area contributed by atoms with Gasteiger partial charge in [0.25, 0.3) is 0 Å². The summed E-state index contributed by atoms with van der Waals surface area (Å²) >= 11 is 0. The number of hydrogen-bond donors (Lipinski definition) is 1. The molecule has 0 aromatic rings. The zero-order chi connectivity index (χ0) is 22.3. The first-order valence-electron chi connectivity index (χ1n) is 10.7. The zero-order valence-corrected chi connectivity index (χ0v) is 18.0. The molecule has 0 aromatic heterocycles. The van der Waals surface area contributed by atoms with Crippen LogP contribution in [0.25, 0.3) is 0 Å². The number of methoxy groups -OCH3 is 2. The average molecular weight is 445 g/mol. The lowest BCUT2D eigenvalue weighted by Gasteiger charge is -2.40. The Morgan fingerprint density at radius 1 is 1.23 bits per heavy atom. The standard InChI is InChI=1S/C20H30F3N5O3/c1-11-17-13(19(29)28(11)16-8-27(10-25-16)9-20(21,22)23)4-5-14(26-17)12-6-15(30-2)18(31-3)24-7-12/h7,10-18,26H,4-6,8-9H2,1-3H3/t11-,12?,13?,14?,15?,16?,17?,18?/m1/s1. The molecule has 0 saturated carbocycles. The normalized spacial score (nSPS) is 40.6. The average Bonchev–Trinajstić information content (AvgIpc) is 3.27. The van der Waals surface area contributed by atoms with Gasteiger partial charge in [0.2, 0.25) is 5.91 Å². The Bertz CT molecular complexity index is 733. The second-order valence-electron chi connectivity index (χ2n) is 8.86. The third-order valence-electron chi connectivity index (χ3n) is 6.97. The predicted molar refractivity (Wildman–Crippen MR) is 108 cm³/mol. The highest BCUT2D eigenvalue weighted by Crippen LogP contribution is 2.37. The Morgan fingerprint density at radius 3 is 2.68 bits per heavy atom. The van der Waals surface area contributed by atoms with Crippen LogP contribution >= 0.6 is 0 Å². The van der Waals surface area contributed by atoms with Gasteiger partial charge in [-0.25, -0.2) is 4.99 Å². The van der Waals surface area contributed by atoms with Crippen LogP contribution < -0.4 is 5.32 Å². The van der Waals surface area contributed by atoms with E-state index in [0.717, 1.165) is 24.2 Å². The summed E-state index contributed by atoms with van der Waals surface area (Å²) in [5, 5.41) is 3.65. The van der Waals surface area contributed by atoms with Gasteiger partial charge in [0.1, 0.15) is 18.8 Å². The summed E-state index contributed by atoms with van der Waals surface area (Å²) in [7, 11) is 3.26. The van der Waals surface area contributed by atoms with E-state index in [0.29, 0.717) is 0 Å². The van der Waals surface area contributed by atoms with E-state index in [1.165, 1.54) is 6.34 Å². The molecule has 4 rings (SSSR count). The van der Waals surface area contributed by atoms with Gasteiger partial charge >= 0.3 is 6.18 Å². The Kier molecular flexibility index (Phi) is 6.28. The van der Waals surface area contributed by atoms with Crippen LogP contribution in [0.5, 0.6) is 0 Å². The summed E-state index contributed by atoms with van der Waals surface area (Å²) in [6.45, 7) is 0.968. The molecule has 0 spiro atoms. The first kappa shape index (κ1) is 22.5. The van der Waals surface area contributed by atoms with Crippen LogP contribution in [0.3, 0.4) is 0 Å². The van der Waals surface area contributed by atoms with Crippen LogP contribution in [0.1, 0.15) is 26.2 Å². The molecule has 0 aromatic carbocycles. The lowest BCUT2D eigenvalue weighted by molar-refractivity contribution is -0.139. The first-order chi connectivity index (χ1) is 14.7. The Balaban J connectivity index is 1.41. The van der Waals surface area contributed by atoms with Gasteiger partial charge in [0.05, 0.1) is 18.8 Å². The molecule has 174 valence electrons. The van der Waals surface area contributed by atoms with E-state index in [1.807, 2.05) is 13.1 Å². The molecule has 8 nitrogen and oxygen atoms in total. The summed E-state index contributed by atoms with van der Waals surface area (Å²) in [4.78, 5) is 24.6. The fourth-order valence-corrected chi connectivity index (χ4v) is 5.46. The molecule has 11 heteroatoms. The highest BCUT2D eigenvalue weighted by Gasteiger charge is 2.52. The molecule has 4 aliphatic heterocycles. The number of piperidine rings is 1. The van der Waals surface area contributed by atoms with Crippen molar-refractivity contribution in [2.75, 3.05) is 27.3 Å². The number of carbonyl (C=O) groups is 1. The van der Waals surface area contributed by atoms with Crippen molar-refractivity contribution in [1.29, 1.82) is 0 Å². The summed E-state index contributed by atoms with van der Waals surface area (Å²) < 4.78 is 49.0. The van der Waals surface area contributed by atoms with Crippen LogP contribution in [0.2, 0.25) is 0 Å². The van der Waals surface area contributed by atoms with Crippen molar-refractivity contribution in [2.45, 2.75) is 69.0 Å². The van der Waals surface area contributed by atoms with Crippen LogP contribution in [0, 0.1) is 11.8 Å². The lowest BCUT2D eigenvalue weighted by Crippen LogP contribution is -2.55. The van der Waals surface area contributed by atoms with Crippen molar-refractivity contribution in [3.8, 4) is 0 Å². The number of amides is 1. The largest absolute Gasteiger partial charge is 0.405 e. The highest BCUT2D eigenvalue weighted by molar-refractivity contribution is 5.84. The maximum atomic E-state index is 13.1. The van der Waals surface area contributed by atoms with Crippen molar-refractivity contribution >= 4 is 18.5 Å². The molecule has 7 unspecified atom stereocenters. The molecular weight excluding hydrogens is 415 g/mol. The molecule has 1 N–H and O–H groups in total. The number of rotatable bonds is 5. The molecule has 0 bridgehead atoms. The van der Waals surface area contributed by atoms with E-state index in [9.17, 15) is 18.0 Å². The molecule has 1 amide bonds. The van der Waals surface area contributed by atoms with E-state index in [-0.39, 0.29) is 54.7 Å². The van der Waals surface area contributed by atoms with Crippen LogP contribution in [0.4, 0.5) is 13.2 Å². The highest BCUT2D eigenvalue weighted by atomic mass is 19.4. The number of aliphatic imine (C=N–C) groups is 2. The van der Waals surface area contributed by atoms with Gasteiger partial charge in [0.15, 0.2) is 6.23 Å². The summed E-state index contributed by atoms with van der Waals surface area (Å²) in [6.07, 6.45) is 0.182. The molecular formula is C20H30F3N5O3. The fraction of sp³-hybridized carbons (Fsp3) is 0.850. The monoisotopic (exact) mass is 445 g/mol. The molecule has 2 fully saturated rings. The van der Waals surface area contributed by atoms with Gasteiger partial charge < -0.3 is 24.6 Å².